The van der Waals surface area contributed by atoms with Crippen molar-refractivity contribution in [1.82, 2.24) is 10.6 Å². The third kappa shape index (κ3) is 7.30. The van der Waals surface area contributed by atoms with Gasteiger partial charge in [0.05, 0.1) is 0 Å². The topological polar surface area (TPSA) is 33.3 Å². The van der Waals surface area contributed by atoms with E-state index in [2.05, 4.69) is 10.6 Å². The van der Waals surface area contributed by atoms with Gasteiger partial charge in [0.2, 0.25) is 0 Å². The molecule has 1 fully saturated rings. The molecule has 1 rings (SSSR count). The number of hydrogen-bond donors (Lipinski definition) is 2. The summed E-state index contributed by atoms with van der Waals surface area (Å²) in [5.74, 6) is 0. The molecule has 0 heterocycles. The van der Waals surface area contributed by atoms with Crippen LogP contribution >= 0.6 is 0 Å². The van der Waals surface area contributed by atoms with Crippen molar-refractivity contribution < 1.29 is 4.74 Å². The van der Waals surface area contributed by atoms with Gasteiger partial charge in [-0.3, -0.25) is 0 Å². The zero-order valence-corrected chi connectivity index (χ0v) is 9.35. The first-order valence-corrected chi connectivity index (χ1v) is 5.95. The lowest BCUT2D eigenvalue weighted by atomic mass is 10.3. The Balaban J connectivity index is 1.63. The Hall–Kier alpha value is -0.120. The lowest BCUT2D eigenvalue weighted by molar-refractivity contribution is 0.143. The molecule has 2 N–H and O–H groups in total. The number of rotatable bonds is 10. The maximum atomic E-state index is 5.26. The van der Waals surface area contributed by atoms with Gasteiger partial charge in [0.1, 0.15) is 0 Å². The lowest BCUT2D eigenvalue weighted by Crippen LogP contribution is -2.29. The van der Waals surface area contributed by atoms with Gasteiger partial charge in [-0.25, -0.2) is 0 Å². The van der Waals surface area contributed by atoms with E-state index in [-0.39, 0.29) is 0 Å². The Morgan fingerprint density at radius 1 is 1.14 bits per heavy atom. The van der Waals surface area contributed by atoms with Crippen LogP contribution in [-0.4, -0.2) is 38.9 Å². The maximum Gasteiger partial charge on any atom is 0.0466 e. The maximum absolute atomic E-state index is 5.26. The van der Waals surface area contributed by atoms with Gasteiger partial charge < -0.3 is 15.4 Å². The molecule has 0 bridgehead atoms. The van der Waals surface area contributed by atoms with E-state index in [1.54, 1.807) is 0 Å². The molecule has 3 heteroatoms. The molecule has 0 aliphatic heterocycles. The van der Waals surface area contributed by atoms with Crippen LogP contribution in [0.15, 0.2) is 0 Å². The van der Waals surface area contributed by atoms with Crippen LogP contribution in [0.2, 0.25) is 0 Å². The molecule has 0 radical (unpaired) electrons. The van der Waals surface area contributed by atoms with Crippen LogP contribution in [0.1, 0.15) is 32.6 Å². The highest BCUT2D eigenvalue weighted by atomic mass is 16.5. The zero-order chi connectivity index (χ0) is 10.1. The summed E-state index contributed by atoms with van der Waals surface area (Å²) >= 11 is 0. The van der Waals surface area contributed by atoms with Crippen molar-refractivity contribution in [2.75, 3.05) is 32.8 Å². The highest BCUT2D eigenvalue weighted by Crippen LogP contribution is 2.17. The Morgan fingerprint density at radius 3 is 2.71 bits per heavy atom. The Bertz CT molecular complexity index is 126. The van der Waals surface area contributed by atoms with Gasteiger partial charge in [0, 0.05) is 32.3 Å². The zero-order valence-electron chi connectivity index (χ0n) is 9.35. The van der Waals surface area contributed by atoms with E-state index in [4.69, 9.17) is 4.74 Å². The van der Waals surface area contributed by atoms with Crippen molar-refractivity contribution >= 4 is 0 Å². The predicted octanol–water partition coefficient (Wildman–Crippen LogP) is 1.14. The second-order valence-electron chi connectivity index (χ2n) is 3.88. The minimum Gasteiger partial charge on any atom is -0.382 e. The molecule has 0 atom stereocenters. The van der Waals surface area contributed by atoms with E-state index in [0.29, 0.717) is 0 Å². The summed E-state index contributed by atoms with van der Waals surface area (Å²) in [5, 5.41) is 6.91. The average Bonchev–Trinajstić information content (AvgIpc) is 2.99. The number of unbranched alkanes of at least 4 members (excludes halogenated alkanes) is 1. The molecule has 1 saturated carbocycles. The van der Waals surface area contributed by atoms with E-state index in [1.807, 2.05) is 6.92 Å². The fourth-order valence-electron chi connectivity index (χ4n) is 1.38. The smallest absolute Gasteiger partial charge is 0.0466 e. The number of nitrogens with one attached hydrogen (secondary N) is 2. The highest BCUT2D eigenvalue weighted by Gasteiger charge is 2.19. The predicted molar refractivity (Wildman–Crippen MR) is 59.6 cm³/mol. The molecule has 0 aromatic rings. The first-order valence-electron chi connectivity index (χ1n) is 5.95. The van der Waals surface area contributed by atoms with Gasteiger partial charge in [0.25, 0.3) is 0 Å². The van der Waals surface area contributed by atoms with Crippen molar-refractivity contribution in [1.29, 1.82) is 0 Å². The SMILES string of the molecule is CCOCCCCNCCNC1CC1. The highest BCUT2D eigenvalue weighted by molar-refractivity contribution is 4.80. The second-order valence-corrected chi connectivity index (χ2v) is 3.88. The molecular weight excluding hydrogens is 176 g/mol. The summed E-state index contributed by atoms with van der Waals surface area (Å²) in [6, 6.07) is 0.842. The molecule has 0 aromatic carbocycles. The molecule has 1 aliphatic carbocycles. The largest absolute Gasteiger partial charge is 0.382 e. The van der Waals surface area contributed by atoms with Crippen LogP contribution in [0.3, 0.4) is 0 Å². The van der Waals surface area contributed by atoms with Gasteiger partial charge in [-0.05, 0) is 39.2 Å². The molecule has 1 aliphatic rings. The fraction of sp³-hybridized carbons (Fsp3) is 1.00. The minimum absolute atomic E-state index is 0.842. The van der Waals surface area contributed by atoms with E-state index < -0.39 is 0 Å². The van der Waals surface area contributed by atoms with E-state index >= 15 is 0 Å². The van der Waals surface area contributed by atoms with Gasteiger partial charge in [-0.15, -0.1) is 0 Å². The van der Waals surface area contributed by atoms with Crippen LogP contribution in [0.25, 0.3) is 0 Å². The molecule has 0 unspecified atom stereocenters. The van der Waals surface area contributed by atoms with Gasteiger partial charge in [-0.2, -0.15) is 0 Å². The fourth-order valence-corrected chi connectivity index (χ4v) is 1.38. The third-order valence-corrected chi connectivity index (χ3v) is 2.41. The Morgan fingerprint density at radius 2 is 2.00 bits per heavy atom. The summed E-state index contributed by atoms with van der Waals surface area (Å²) in [7, 11) is 0. The lowest BCUT2D eigenvalue weighted by Gasteiger charge is -2.05. The van der Waals surface area contributed by atoms with E-state index in [9.17, 15) is 0 Å². The molecule has 0 spiro atoms. The molecule has 0 aromatic heterocycles. The summed E-state index contributed by atoms with van der Waals surface area (Å²) in [5.41, 5.74) is 0. The number of ether oxygens (including phenoxy) is 1. The summed E-state index contributed by atoms with van der Waals surface area (Å²) < 4.78 is 5.26. The first-order chi connectivity index (χ1) is 6.93. The van der Waals surface area contributed by atoms with Crippen LogP contribution in [0, 0.1) is 0 Å². The van der Waals surface area contributed by atoms with Crippen LogP contribution in [-0.2, 0) is 4.74 Å². The molecule has 0 amide bonds. The Kier molecular flexibility index (Phi) is 7.01. The van der Waals surface area contributed by atoms with Gasteiger partial charge in [0.15, 0.2) is 0 Å². The second kappa shape index (κ2) is 8.21. The van der Waals surface area contributed by atoms with Crippen molar-refractivity contribution in [3.8, 4) is 0 Å². The van der Waals surface area contributed by atoms with Crippen molar-refractivity contribution in [2.45, 2.75) is 38.6 Å². The van der Waals surface area contributed by atoms with Gasteiger partial charge in [-0.1, -0.05) is 0 Å². The monoisotopic (exact) mass is 200 g/mol. The van der Waals surface area contributed by atoms with Gasteiger partial charge >= 0.3 is 0 Å². The van der Waals surface area contributed by atoms with Crippen LogP contribution in [0.5, 0.6) is 0 Å². The van der Waals surface area contributed by atoms with Crippen molar-refractivity contribution in [2.24, 2.45) is 0 Å². The summed E-state index contributed by atoms with van der Waals surface area (Å²) in [4.78, 5) is 0. The average molecular weight is 200 g/mol. The van der Waals surface area contributed by atoms with E-state index in [0.717, 1.165) is 38.9 Å². The molecule has 14 heavy (non-hydrogen) atoms. The minimum atomic E-state index is 0.842. The Labute approximate surface area is 87.6 Å². The van der Waals surface area contributed by atoms with E-state index in [1.165, 1.54) is 25.7 Å². The number of hydrogen-bond acceptors (Lipinski definition) is 3. The molecule has 3 nitrogen and oxygen atoms in total. The third-order valence-electron chi connectivity index (χ3n) is 2.41. The first kappa shape index (κ1) is 12.0. The quantitative estimate of drug-likeness (QED) is 0.519. The van der Waals surface area contributed by atoms with Crippen molar-refractivity contribution in [3.05, 3.63) is 0 Å². The van der Waals surface area contributed by atoms with Crippen LogP contribution in [0.4, 0.5) is 0 Å². The van der Waals surface area contributed by atoms with Crippen molar-refractivity contribution in [3.63, 3.8) is 0 Å². The summed E-state index contributed by atoms with van der Waals surface area (Å²) in [6.45, 7) is 7.15. The molecule has 0 saturated heterocycles. The molecule has 84 valence electrons. The summed E-state index contributed by atoms with van der Waals surface area (Å²) in [6.07, 6.45) is 5.17. The van der Waals surface area contributed by atoms with Crippen LogP contribution < -0.4 is 10.6 Å². The normalized spacial score (nSPS) is 16.1. The molecular formula is C11H24N2O. The standard InChI is InChI=1S/C11H24N2O/c1-2-14-10-4-3-7-12-8-9-13-11-5-6-11/h11-13H,2-10H2,1H3.